The number of para-hydroxylation sites is 1. The van der Waals surface area contributed by atoms with Crippen LogP contribution in [0.1, 0.15) is 64.3 Å². The molecule has 0 spiro atoms. The maximum absolute atomic E-state index is 4.90. The Labute approximate surface area is 121 Å². The zero-order chi connectivity index (χ0) is 13.7. The van der Waals surface area contributed by atoms with Gasteiger partial charge in [-0.1, -0.05) is 58.6 Å². The Balaban J connectivity index is 2.26. The molecule has 0 N–H and O–H groups in total. The van der Waals surface area contributed by atoms with E-state index in [4.69, 9.17) is 4.98 Å². The third kappa shape index (κ3) is 3.36. The summed E-state index contributed by atoms with van der Waals surface area (Å²) in [5.41, 5.74) is 1.44. The predicted octanol–water partition coefficient (Wildman–Crippen LogP) is 5.93. The lowest BCUT2D eigenvalue weighted by Crippen LogP contribution is -2.21. The largest absolute Gasteiger partial charge is 0.241 e. The Morgan fingerprint density at radius 1 is 1.05 bits per heavy atom. The van der Waals surface area contributed by atoms with Gasteiger partial charge in [0.1, 0.15) is 0 Å². The third-order valence-electron chi connectivity index (χ3n) is 3.94. The van der Waals surface area contributed by atoms with Crippen molar-refractivity contribution in [1.29, 1.82) is 0 Å². The fourth-order valence-corrected chi connectivity index (χ4v) is 3.95. The number of aromatic nitrogens is 1. The van der Waals surface area contributed by atoms with Crippen LogP contribution in [0.2, 0.25) is 0 Å². The summed E-state index contributed by atoms with van der Waals surface area (Å²) in [5, 5.41) is 1.34. The molecular formula is C17H25NS. The Morgan fingerprint density at radius 3 is 2.53 bits per heavy atom. The van der Waals surface area contributed by atoms with Crippen molar-refractivity contribution in [1.82, 2.24) is 4.98 Å². The van der Waals surface area contributed by atoms with Crippen LogP contribution in [0.5, 0.6) is 0 Å². The van der Waals surface area contributed by atoms with E-state index in [0.717, 1.165) is 0 Å². The molecule has 0 radical (unpaired) electrons. The normalized spacial score (nSPS) is 14.7. The number of rotatable bonds is 7. The maximum Gasteiger partial charge on any atom is 0.0997 e. The number of hydrogen-bond acceptors (Lipinski definition) is 2. The Hall–Kier alpha value is -0.890. The predicted molar refractivity (Wildman–Crippen MR) is 86.0 cm³/mol. The van der Waals surface area contributed by atoms with Crippen LogP contribution in [0.4, 0.5) is 0 Å². The molecule has 1 nitrogen and oxygen atoms in total. The second kappa shape index (κ2) is 6.51. The third-order valence-corrected chi connectivity index (χ3v) is 5.29. The molecule has 0 amide bonds. The van der Waals surface area contributed by atoms with E-state index in [1.807, 2.05) is 11.3 Å². The number of thiazole rings is 1. The SMILES string of the molecule is CCCCCC(C)(CCC)c1nc2ccccc2s1. The Bertz CT molecular complexity index is 484. The molecule has 0 saturated carbocycles. The molecule has 0 aliphatic rings. The second-order valence-corrected chi connectivity index (χ2v) is 6.79. The van der Waals surface area contributed by atoms with Crippen LogP contribution in [0.3, 0.4) is 0 Å². The van der Waals surface area contributed by atoms with E-state index >= 15 is 0 Å². The van der Waals surface area contributed by atoms with Crippen LogP contribution in [0.15, 0.2) is 24.3 Å². The molecule has 2 heteroatoms. The van der Waals surface area contributed by atoms with Gasteiger partial charge in [0.25, 0.3) is 0 Å². The highest BCUT2D eigenvalue weighted by atomic mass is 32.1. The average molecular weight is 275 g/mol. The molecule has 2 rings (SSSR count). The van der Waals surface area contributed by atoms with Crippen molar-refractivity contribution in [3.63, 3.8) is 0 Å². The minimum atomic E-state index is 0.271. The van der Waals surface area contributed by atoms with Gasteiger partial charge >= 0.3 is 0 Å². The fraction of sp³-hybridized carbons (Fsp3) is 0.588. The first-order chi connectivity index (χ1) is 9.19. The van der Waals surface area contributed by atoms with Gasteiger partial charge in [0.2, 0.25) is 0 Å². The van der Waals surface area contributed by atoms with Crippen LogP contribution in [0.25, 0.3) is 10.2 Å². The summed E-state index contributed by atoms with van der Waals surface area (Å²) in [4.78, 5) is 4.90. The van der Waals surface area contributed by atoms with Gasteiger partial charge in [0.15, 0.2) is 0 Å². The van der Waals surface area contributed by atoms with Crippen LogP contribution in [-0.4, -0.2) is 4.98 Å². The summed E-state index contributed by atoms with van der Waals surface area (Å²) >= 11 is 1.89. The molecule has 2 aromatic rings. The number of hydrogen-bond donors (Lipinski definition) is 0. The minimum absolute atomic E-state index is 0.271. The van der Waals surface area contributed by atoms with E-state index in [2.05, 4.69) is 45.0 Å². The summed E-state index contributed by atoms with van der Waals surface area (Å²) in [6, 6.07) is 8.52. The summed E-state index contributed by atoms with van der Waals surface area (Å²) in [6.07, 6.45) is 7.71. The first-order valence-electron chi connectivity index (χ1n) is 7.55. The van der Waals surface area contributed by atoms with Gasteiger partial charge in [0, 0.05) is 5.41 Å². The van der Waals surface area contributed by atoms with Crippen molar-refractivity contribution in [3.05, 3.63) is 29.3 Å². The topological polar surface area (TPSA) is 12.9 Å². The highest BCUT2D eigenvalue weighted by molar-refractivity contribution is 7.18. The molecule has 0 saturated heterocycles. The van der Waals surface area contributed by atoms with Gasteiger partial charge in [-0.05, 0) is 25.0 Å². The molecule has 1 aromatic heterocycles. The molecule has 1 heterocycles. The number of nitrogens with zero attached hydrogens (tertiary/aromatic N) is 1. The number of unbranched alkanes of at least 4 members (excludes halogenated alkanes) is 2. The van der Waals surface area contributed by atoms with Crippen LogP contribution < -0.4 is 0 Å². The zero-order valence-electron chi connectivity index (χ0n) is 12.4. The molecule has 1 aromatic carbocycles. The van der Waals surface area contributed by atoms with Gasteiger partial charge < -0.3 is 0 Å². The molecule has 0 bridgehead atoms. The van der Waals surface area contributed by atoms with Crippen molar-refractivity contribution >= 4 is 21.6 Å². The monoisotopic (exact) mass is 275 g/mol. The summed E-state index contributed by atoms with van der Waals surface area (Å²) in [6.45, 7) is 6.96. The maximum atomic E-state index is 4.90. The fourth-order valence-electron chi connectivity index (χ4n) is 2.79. The quantitative estimate of drug-likeness (QED) is 0.570. The minimum Gasteiger partial charge on any atom is -0.241 e. The van der Waals surface area contributed by atoms with Crippen LogP contribution in [-0.2, 0) is 5.41 Å². The van der Waals surface area contributed by atoms with Crippen molar-refractivity contribution in [2.24, 2.45) is 0 Å². The summed E-state index contributed by atoms with van der Waals surface area (Å²) in [7, 11) is 0. The van der Waals surface area contributed by atoms with Crippen molar-refractivity contribution in [3.8, 4) is 0 Å². The molecule has 1 atom stereocenters. The molecule has 1 unspecified atom stereocenters. The molecule has 19 heavy (non-hydrogen) atoms. The highest BCUT2D eigenvalue weighted by Gasteiger charge is 2.28. The molecular weight excluding hydrogens is 250 g/mol. The van der Waals surface area contributed by atoms with E-state index in [1.165, 1.54) is 53.7 Å². The lowest BCUT2D eigenvalue weighted by Gasteiger charge is -2.27. The lowest BCUT2D eigenvalue weighted by molar-refractivity contribution is 0.378. The van der Waals surface area contributed by atoms with Crippen molar-refractivity contribution < 1.29 is 0 Å². The average Bonchev–Trinajstić information content (AvgIpc) is 2.84. The summed E-state index contributed by atoms with van der Waals surface area (Å²) in [5.74, 6) is 0. The van der Waals surface area contributed by atoms with Gasteiger partial charge in [0.05, 0.1) is 15.2 Å². The van der Waals surface area contributed by atoms with Crippen LogP contribution >= 0.6 is 11.3 Å². The van der Waals surface area contributed by atoms with Crippen molar-refractivity contribution in [2.75, 3.05) is 0 Å². The van der Waals surface area contributed by atoms with E-state index in [0.29, 0.717) is 0 Å². The van der Waals surface area contributed by atoms with E-state index < -0.39 is 0 Å². The zero-order valence-corrected chi connectivity index (χ0v) is 13.2. The van der Waals surface area contributed by atoms with Gasteiger partial charge in [-0.25, -0.2) is 4.98 Å². The van der Waals surface area contributed by atoms with Gasteiger partial charge in [-0.15, -0.1) is 11.3 Å². The van der Waals surface area contributed by atoms with Gasteiger partial charge in [-0.2, -0.15) is 0 Å². The molecule has 104 valence electrons. The molecule has 0 aliphatic heterocycles. The van der Waals surface area contributed by atoms with E-state index in [1.54, 1.807) is 0 Å². The van der Waals surface area contributed by atoms with E-state index in [9.17, 15) is 0 Å². The molecule has 0 aliphatic carbocycles. The smallest absolute Gasteiger partial charge is 0.0997 e. The number of benzene rings is 1. The van der Waals surface area contributed by atoms with Gasteiger partial charge in [-0.3, -0.25) is 0 Å². The lowest BCUT2D eigenvalue weighted by atomic mass is 9.81. The number of fused-ring (bicyclic) bond motifs is 1. The van der Waals surface area contributed by atoms with Crippen LogP contribution in [0, 0.1) is 0 Å². The van der Waals surface area contributed by atoms with Crippen molar-refractivity contribution in [2.45, 2.75) is 64.7 Å². The first-order valence-corrected chi connectivity index (χ1v) is 8.37. The standard InChI is InChI=1S/C17H25NS/c1-4-6-9-13-17(3,12-5-2)16-18-14-10-7-8-11-15(14)19-16/h7-8,10-11H,4-6,9,12-13H2,1-3H3. The molecule has 0 fully saturated rings. The van der Waals surface area contributed by atoms with E-state index in [-0.39, 0.29) is 5.41 Å². The second-order valence-electron chi connectivity index (χ2n) is 5.75. The Kier molecular flexibility index (Phi) is 4.98. The first kappa shape index (κ1) is 14.5. The Morgan fingerprint density at radius 2 is 1.84 bits per heavy atom. The highest BCUT2D eigenvalue weighted by Crippen LogP contribution is 2.38. The summed E-state index contributed by atoms with van der Waals surface area (Å²) < 4.78 is 1.33.